The summed E-state index contributed by atoms with van der Waals surface area (Å²) in [7, 11) is 0. The van der Waals surface area contributed by atoms with Crippen LogP contribution >= 0.6 is 0 Å². The molecule has 0 bridgehead atoms. The van der Waals surface area contributed by atoms with E-state index >= 15 is 0 Å². The van der Waals surface area contributed by atoms with Crippen molar-refractivity contribution in [1.29, 1.82) is 0 Å². The van der Waals surface area contributed by atoms with Gasteiger partial charge >= 0.3 is 0 Å². The molecule has 1 aliphatic rings. The van der Waals surface area contributed by atoms with Gasteiger partial charge in [-0.2, -0.15) is 0 Å². The standard InChI is InChI=1S/C12H22O/c1-2-3-8-11-13-12-9-6-4-5-7-10-12/h2,12H,1,3-11H2. The number of rotatable bonds is 5. The van der Waals surface area contributed by atoms with E-state index in [1.54, 1.807) is 0 Å². The second kappa shape index (κ2) is 7.14. The SMILES string of the molecule is C=CCCCOC1CCCCCC1. The van der Waals surface area contributed by atoms with Crippen molar-refractivity contribution in [2.45, 2.75) is 57.5 Å². The number of hydrogen-bond acceptors (Lipinski definition) is 1. The fourth-order valence-corrected chi connectivity index (χ4v) is 1.89. The minimum absolute atomic E-state index is 0.562. The van der Waals surface area contributed by atoms with Crippen LogP contribution < -0.4 is 0 Å². The van der Waals surface area contributed by atoms with E-state index in [0.717, 1.165) is 19.4 Å². The third-order valence-electron chi connectivity index (χ3n) is 2.71. The maximum absolute atomic E-state index is 5.82. The van der Waals surface area contributed by atoms with Gasteiger partial charge in [0.2, 0.25) is 0 Å². The molecule has 1 nitrogen and oxygen atoms in total. The average Bonchev–Trinajstić information content (AvgIpc) is 2.41. The number of ether oxygens (including phenoxy) is 1. The first-order chi connectivity index (χ1) is 6.43. The number of allylic oxidation sites excluding steroid dienone is 1. The van der Waals surface area contributed by atoms with Crippen LogP contribution in [0.25, 0.3) is 0 Å². The summed E-state index contributed by atoms with van der Waals surface area (Å²) in [6.45, 7) is 4.63. The normalized spacial score (nSPS) is 19.7. The van der Waals surface area contributed by atoms with Crippen LogP contribution in [0.1, 0.15) is 51.4 Å². The van der Waals surface area contributed by atoms with Crippen molar-refractivity contribution in [3.63, 3.8) is 0 Å². The summed E-state index contributed by atoms with van der Waals surface area (Å²) in [5.74, 6) is 0. The molecular formula is C12H22O. The molecule has 1 fully saturated rings. The molecule has 0 N–H and O–H groups in total. The van der Waals surface area contributed by atoms with Gasteiger partial charge in [0.15, 0.2) is 0 Å². The van der Waals surface area contributed by atoms with Crippen LogP contribution in [0.4, 0.5) is 0 Å². The smallest absolute Gasteiger partial charge is 0.0575 e. The average molecular weight is 182 g/mol. The van der Waals surface area contributed by atoms with E-state index in [1.165, 1.54) is 38.5 Å². The fourth-order valence-electron chi connectivity index (χ4n) is 1.89. The molecule has 1 aliphatic carbocycles. The largest absolute Gasteiger partial charge is 0.378 e. The van der Waals surface area contributed by atoms with Crippen LogP contribution in [0, 0.1) is 0 Å². The lowest BCUT2D eigenvalue weighted by atomic mass is 10.1. The van der Waals surface area contributed by atoms with Crippen LogP contribution in [0.5, 0.6) is 0 Å². The van der Waals surface area contributed by atoms with Crippen LogP contribution in [0.3, 0.4) is 0 Å². The van der Waals surface area contributed by atoms with Gasteiger partial charge in [0.05, 0.1) is 6.10 Å². The van der Waals surface area contributed by atoms with Crippen LogP contribution in [0.2, 0.25) is 0 Å². The second-order valence-electron chi connectivity index (χ2n) is 3.92. The van der Waals surface area contributed by atoms with E-state index in [1.807, 2.05) is 6.08 Å². The molecule has 0 amide bonds. The molecule has 0 aromatic heterocycles. The minimum atomic E-state index is 0.562. The summed E-state index contributed by atoms with van der Waals surface area (Å²) in [5, 5.41) is 0. The highest BCUT2D eigenvalue weighted by Crippen LogP contribution is 2.19. The predicted octanol–water partition coefficient (Wildman–Crippen LogP) is 3.69. The van der Waals surface area contributed by atoms with Crippen LogP contribution in [-0.4, -0.2) is 12.7 Å². The Hall–Kier alpha value is -0.300. The second-order valence-corrected chi connectivity index (χ2v) is 3.92. The highest BCUT2D eigenvalue weighted by Gasteiger charge is 2.11. The summed E-state index contributed by atoms with van der Waals surface area (Å²) in [6, 6.07) is 0. The molecule has 0 aromatic rings. The van der Waals surface area contributed by atoms with E-state index in [0.29, 0.717) is 6.10 Å². The Morgan fingerprint density at radius 3 is 2.46 bits per heavy atom. The number of hydrogen-bond donors (Lipinski definition) is 0. The molecule has 0 radical (unpaired) electrons. The molecule has 0 aliphatic heterocycles. The molecule has 0 unspecified atom stereocenters. The van der Waals surface area contributed by atoms with Crippen molar-refractivity contribution in [2.75, 3.05) is 6.61 Å². The summed E-state index contributed by atoms with van der Waals surface area (Å²) >= 11 is 0. The quantitative estimate of drug-likeness (QED) is 0.358. The Morgan fingerprint density at radius 1 is 1.15 bits per heavy atom. The van der Waals surface area contributed by atoms with Crippen molar-refractivity contribution in [3.05, 3.63) is 12.7 Å². The molecule has 1 heteroatoms. The van der Waals surface area contributed by atoms with E-state index in [9.17, 15) is 0 Å². The summed E-state index contributed by atoms with van der Waals surface area (Å²) in [6.07, 6.45) is 12.9. The van der Waals surface area contributed by atoms with Gasteiger partial charge < -0.3 is 4.74 Å². The van der Waals surface area contributed by atoms with Gasteiger partial charge in [-0.1, -0.05) is 31.8 Å². The zero-order chi connectivity index (χ0) is 9.36. The maximum Gasteiger partial charge on any atom is 0.0575 e. The van der Waals surface area contributed by atoms with Gasteiger partial charge in [0.25, 0.3) is 0 Å². The zero-order valence-corrected chi connectivity index (χ0v) is 8.63. The third-order valence-corrected chi connectivity index (χ3v) is 2.71. The summed E-state index contributed by atoms with van der Waals surface area (Å²) < 4.78 is 5.82. The van der Waals surface area contributed by atoms with Crippen molar-refractivity contribution >= 4 is 0 Å². The first-order valence-electron chi connectivity index (χ1n) is 5.66. The zero-order valence-electron chi connectivity index (χ0n) is 8.63. The molecule has 1 rings (SSSR count). The molecule has 0 saturated heterocycles. The lowest BCUT2D eigenvalue weighted by Gasteiger charge is -2.14. The van der Waals surface area contributed by atoms with Gasteiger partial charge in [-0.3, -0.25) is 0 Å². The van der Waals surface area contributed by atoms with E-state index in [2.05, 4.69) is 6.58 Å². The van der Waals surface area contributed by atoms with Gasteiger partial charge in [-0.25, -0.2) is 0 Å². The molecule has 0 aromatic carbocycles. The van der Waals surface area contributed by atoms with Gasteiger partial charge in [-0.15, -0.1) is 6.58 Å². The third kappa shape index (κ3) is 5.09. The van der Waals surface area contributed by atoms with Crippen LogP contribution in [-0.2, 0) is 4.74 Å². The Kier molecular flexibility index (Phi) is 5.92. The highest BCUT2D eigenvalue weighted by molar-refractivity contribution is 4.67. The van der Waals surface area contributed by atoms with Gasteiger partial charge in [0.1, 0.15) is 0 Å². The highest BCUT2D eigenvalue weighted by atomic mass is 16.5. The van der Waals surface area contributed by atoms with E-state index < -0.39 is 0 Å². The lowest BCUT2D eigenvalue weighted by molar-refractivity contribution is 0.0422. The van der Waals surface area contributed by atoms with E-state index in [-0.39, 0.29) is 0 Å². The topological polar surface area (TPSA) is 9.23 Å². The van der Waals surface area contributed by atoms with Crippen molar-refractivity contribution in [1.82, 2.24) is 0 Å². The molecule has 1 saturated carbocycles. The monoisotopic (exact) mass is 182 g/mol. The molecule has 76 valence electrons. The summed E-state index contributed by atoms with van der Waals surface area (Å²) in [4.78, 5) is 0. The summed E-state index contributed by atoms with van der Waals surface area (Å²) in [5.41, 5.74) is 0. The van der Waals surface area contributed by atoms with Gasteiger partial charge in [-0.05, 0) is 25.7 Å². The van der Waals surface area contributed by atoms with Gasteiger partial charge in [0, 0.05) is 6.61 Å². The number of unbranched alkanes of at least 4 members (excludes halogenated alkanes) is 1. The Bertz CT molecular complexity index is 123. The lowest BCUT2D eigenvalue weighted by Crippen LogP contribution is -2.12. The first kappa shape index (κ1) is 10.8. The van der Waals surface area contributed by atoms with Crippen LogP contribution in [0.15, 0.2) is 12.7 Å². The molecular weight excluding hydrogens is 160 g/mol. The van der Waals surface area contributed by atoms with Crippen molar-refractivity contribution in [2.24, 2.45) is 0 Å². The molecule has 0 spiro atoms. The Morgan fingerprint density at radius 2 is 1.85 bits per heavy atom. The molecule has 0 atom stereocenters. The van der Waals surface area contributed by atoms with Crippen molar-refractivity contribution in [3.8, 4) is 0 Å². The minimum Gasteiger partial charge on any atom is -0.378 e. The predicted molar refractivity (Wildman–Crippen MR) is 56.9 cm³/mol. The van der Waals surface area contributed by atoms with E-state index in [4.69, 9.17) is 4.74 Å². The Balaban J connectivity index is 2.01. The maximum atomic E-state index is 5.82. The van der Waals surface area contributed by atoms with Crippen molar-refractivity contribution < 1.29 is 4.74 Å². The molecule has 13 heavy (non-hydrogen) atoms. The Labute approximate surface area is 82.2 Å². The fraction of sp³-hybridized carbons (Fsp3) is 0.833. The first-order valence-corrected chi connectivity index (χ1v) is 5.66. The molecule has 0 heterocycles.